The van der Waals surface area contributed by atoms with Crippen LogP contribution in [0.5, 0.6) is 0 Å². The maximum Gasteiger partial charge on any atom is 0.407 e. The highest BCUT2D eigenvalue weighted by molar-refractivity contribution is 5.85. The van der Waals surface area contributed by atoms with Crippen molar-refractivity contribution in [2.45, 2.75) is 5.92 Å². The Morgan fingerprint density at radius 3 is 2.17 bits per heavy atom. The van der Waals surface area contributed by atoms with Crippen molar-refractivity contribution < 1.29 is 23.8 Å². The number of rotatable bonds is 7. The number of ether oxygens (including phenoxy) is 1. The van der Waals surface area contributed by atoms with Gasteiger partial charge < -0.3 is 19.6 Å². The number of fused-ring (bicyclic) bond motifs is 3. The lowest BCUT2D eigenvalue weighted by atomic mass is 9.98. The molecule has 0 fully saturated rings. The Hall–Kier alpha value is -4.58. The van der Waals surface area contributed by atoms with Crippen LogP contribution in [0.25, 0.3) is 28.5 Å². The molecule has 1 amide bonds. The standard InChI is InChI=1S/C29H23NO5/c31-28(32)27-16-15-26(35-27)20-13-11-19(12-14-20)6-5-17-30-29(33)34-18-25-23-9-3-1-7-21(23)22-8-2-4-10-24(22)25/h1-16,25H,17-18H2,(H,30,33)(H,31,32). The number of benzene rings is 3. The third kappa shape index (κ3) is 4.73. The van der Waals surface area contributed by atoms with Gasteiger partial charge in [0.1, 0.15) is 12.4 Å². The molecule has 0 bridgehead atoms. The largest absolute Gasteiger partial charge is 0.475 e. The van der Waals surface area contributed by atoms with Crippen molar-refractivity contribution in [1.29, 1.82) is 0 Å². The van der Waals surface area contributed by atoms with Crippen LogP contribution in [-0.2, 0) is 4.74 Å². The number of amides is 1. The zero-order chi connectivity index (χ0) is 24.2. The number of nitrogens with one attached hydrogen (secondary N) is 1. The fourth-order valence-corrected chi connectivity index (χ4v) is 4.35. The van der Waals surface area contributed by atoms with Crippen LogP contribution in [0.1, 0.15) is 33.2 Å². The lowest BCUT2D eigenvalue weighted by molar-refractivity contribution is 0.0663. The SMILES string of the molecule is O=C(NCC=Cc1ccc(-c2ccc(C(=O)O)o2)cc1)OCC1c2ccccc2-c2ccccc21. The molecule has 0 unspecified atom stereocenters. The summed E-state index contributed by atoms with van der Waals surface area (Å²) in [7, 11) is 0. The summed E-state index contributed by atoms with van der Waals surface area (Å²) in [5.41, 5.74) is 6.47. The van der Waals surface area contributed by atoms with Crippen molar-refractivity contribution in [3.05, 3.63) is 113 Å². The average molecular weight is 466 g/mol. The van der Waals surface area contributed by atoms with Gasteiger partial charge in [-0.15, -0.1) is 0 Å². The smallest absolute Gasteiger partial charge is 0.407 e. The fourth-order valence-electron chi connectivity index (χ4n) is 4.35. The second kappa shape index (κ2) is 9.73. The molecule has 1 heterocycles. The summed E-state index contributed by atoms with van der Waals surface area (Å²) in [6.07, 6.45) is 3.27. The number of carbonyl (C=O) groups is 2. The van der Waals surface area contributed by atoms with Crippen LogP contribution in [0, 0.1) is 0 Å². The van der Waals surface area contributed by atoms with E-state index in [1.165, 1.54) is 28.3 Å². The minimum atomic E-state index is -1.10. The number of furan rings is 1. The fraction of sp³-hybridized carbons (Fsp3) is 0.103. The van der Waals surface area contributed by atoms with Crippen molar-refractivity contribution in [2.75, 3.05) is 13.2 Å². The van der Waals surface area contributed by atoms with E-state index in [2.05, 4.69) is 29.6 Å². The van der Waals surface area contributed by atoms with E-state index >= 15 is 0 Å². The van der Waals surface area contributed by atoms with E-state index in [-0.39, 0.29) is 18.3 Å². The molecule has 4 aromatic rings. The maximum absolute atomic E-state index is 12.3. The molecule has 0 atom stereocenters. The highest BCUT2D eigenvalue weighted by atomic mass is 16.5. The van der Waals surface area contributed by atoms with Gasteiger partial charge in [-0.2, -0.15) is 0 Å². The molecule has 2 N–H and O–H groups in total. The molecule has 0 aliphatic heterocycles. The molecule has 1 aliphatic carbocycles. The molecule has 5 rings (SSSR count). The van der Waals surface area contributed by atoms with Gasteiger partial charge in [0.15, 0.2) is 0 Å². The first-order valence-electron chi connectivity index (χ1n) is 11.3. The van der Waals surface area contributed by atoms with Gasteiger partial charge in [-0.3, -0.25) is 0 Å². The summed E-state index contributed by atoms with van der Waals surface area (Å²) < 4.78 is 10.9. The number of carboxylic acids is 1. The zero-order valence-electron chi connectivity index (χ0n) is 18.8. The predicted octanol–water partition coefficient (Wildman–Crippen LogP) is 6.20. The molecule has 35 heavy (non-hydrogen) atoms. The van der Waals surface area contributed by atoms with Gasteiger partial charge in [0, 0.05) is 18.0 Å². The molecule has 0 radical (unpaired) electrons. The topological polar surface area (TPSA) is 88.8 Å². The van der Waals surface area contributed by atoms with Crippen LogP contribution in [0.2, 0.25) is 0 Å². The molecule has 0 saturated carbocycles. The quantitative estimate of drug-likeness (QED) is 0.339. The van der Waals surface area contributed by atoms with Gasteiger partial charge in [-0.25, -0.2) is 9.59 Å². The second-order valence-electron chi connectivity index (χ2n) is 8.20. The van der Waals surface area contributed by atoms with Crippen molar-refractivity contribution in [3.8, 4) is 22.5 Å². The van der Waals surface area contributed by atoms with E-state index in [1.54, 1.807) is 6.07 Å². The maximum atomic E-state index is 12.3. The van der Waals surface area contributed by atoms with Crippen LogP contribution in [0.4, 0.5) is 4.79 Å². The molecule has 3 aromatic carbocycles. The van der Waals surface area contributed by atoms with Crippen molar-refractivity contribution >= 4 is 18.1 Å². The highest BCUT2D eigenvalue weighted by Gasteiger charge is 2.28. The van der Waals surface area contributed by atoms with E-state index < -0.39 is 12.1 Å². The molecule has 6 nitrogen and oxygen atoms in total. The van der Waals surface area contributed by atoms with E-state index in [4.69, 9.17) is 14.3 Å². The summed E-state index contributed by atoms with van der Waals surface area (Å²) in [6, 6.07) is 27.0. The number of carboxylic acid groups (broad SMARTS) is 1. The monoisotopic (exact) mass is 465 g/mol. The molecule has 1 aromatic heterocycles. The summed E-state index contributed by atoms with van der Waals surface area (Å²) in [5.74, 6) is -0.666. The predicted molar refractivity (Wildman–Crippen MR) is 133 cm³/mol. The van der Waals surface area contributed by atoms with Crippen LogP contribution in [0.3, 0.4) is 0 Å². The molecule has 174 valence electrons. The van der Waals surface area contributed by atoms with Crippen LogP contribution in [0.15, 0.2) is 95.4 Å². The summed E-state index contributed by atoms with van der Waals surface area (Å²) in [5, 5.41) is 11.7. The lowest BCUT2D eigenvalue weighted by Crippen LogP contribution is -2.26. The first-order chi connectivity index (χ1) is 17.1. The lowest BCUT2D eigenvalue weighted by Gasteiger charge is -2.14. The number of aromatic carboxylic acids is 1. The summed E-state index contributed by atoms with van der Waals surface area (Å²) in [6.45, 7) is 0.611. The number of carbonyl (C=O) groups excluding carboxylic acids is 1. The molecular formula is C29H23NO5. The molecule has 1 aliphatic rings. The third-order valence-corrected chi connectivity index (χ3v) is 6.03. The first kappa shape index (κ1) is 22.2. The van der Waals surface area contributed by atoms with Gasteiger partial charge in [-0.1, -0.05) is 84.9 Å². The normalized spacial score (nSPS) is 12.3. The molecule has 6 heteroatoms. The Bertz CT molecular complexity index is 1360. The second-order valence-corrected chi connectivity index (χ2v) is 8.20. The van der Waals surface area contributed by atoms with Crippen LogP contribution < -0.4 is 5.32 Å². The Labute approximate surface area is 202 Å². The van der Waals surface area contributed by atoms with E-state index in [1.807, 2.05) is 60.7 Å². The minimum Gasteiger partial charge on any atom is -0.475 e. The van der Waals surface area contributed by atoms with Gasteiger partial charge in [0.2, 0.25) is 5.76 Å². The van der Waals surface area contributed by atoms with Crippen LogP contribution >= 0.6 is 0 Å². The van der Waals surface area contributed by atoms with Crippen LogP contribution in [-0.4, -0.2) is 30.3 Å². The number of hydrogen-bond acceptors (Lipinski definition) is 4. The van der Waals surface area contributed by atoms with E-state index in [0.29, 0.717) is 12.3 Å². The number of alkyl carbamates (subject to hydrolysis) is 1. The Morgan fingerprint density at radius 1 is 0.886 bits per heavy atom. The third-order valence-electron chi connectivity index (χ3n) is 6.03. The van der Waals surface area contributed by atoms with Crippen molar-refractivity contribution in [2.24, 2.45) is 0 Å². The minimum absolute atomic E-state index is 0.0305. The van der Waals surface area contributed by atoms with Gasteiger partial charge in [-0.05, 0) is 39.9 Å². The van der Waals surface area contributed by atoms with Crippen molar-refractivity contribution in [1.82, 2.24) is 5.32 Å². The highest BCUT2D eigenvalue weighted by Crippen LogP contribution is 2.44. The van der Waals surface area contributed by atoms with Gasteiger partial charge in [0.25, 0.3) is 0 Å². The average Bonchev–Trinajstić information content (AvgIpc) is 3.50. The Kier molecular flexibility index (Phi) is 6.18. The van der Waals surface area contributed by atoms with Crippen molar-refractivity contribution in [3.63, 3.8) is 0 Å². The zero-order valence-corrected chi connectivity index (χ0v) is 18.8. The van der Waals surface area contributed by atoms with E-state index in [9.17, 15) is 9.59 Å². The van der Waals surface area contributed by atoms with Gasteiger partial charge in [0.05, 0.1) is 0 Å². The molecular weight excluding hydrogens is 442 g/mol. The summed E-state index contributed by atoms with van der Waals surface area (Å²) in [4.78, 5) is 23.2. The van der Waals surface area contributed by atoms with E-state index in [0.717, 1.165) is 11.1 Å². The Balaban J connectivity index is 1.13. The molecule has 0 saturated heterocycles. The first-order valence-corrected chi connectivity index (χ1v) is 11.3. The number of hydrogen-bond donors (Lipinski definition) is 2. The van der Waals surface area contributed by atoms with Gasteiger partial charge >= 0.3 is 12.1 Å². The summed E-state index contributed by atoms with van der Waals surface area (Å²) >= 11 is 0. The Morgan fingerprint density at radius 2 is 1.54 bits per heavy atom. The molecule has 0 spiro atoms.